The number of fused-ring (bicyclic) bond motifs is 1. The molecule has 1 spiro atoms. The molecule has 0 atom stereocenters. The summed E-state index contributed by atoms with van der Waals surface area (Å²) in [4.78, 5) is 31.8. The van der Waals surface area contributed by atoms with Gasteiger partial charge in [0.15, 0.2) is 5.58 Å². The van der Waals surface area contributed by atoms with Gasteiger partial charge >= 0.3 is 0 Å². The summed E-state index contributed by atoms with van der Waals surface area (Å²) in [5, 5.41) is 17.0. The van der Waals surface area contributed by atoms with Gasteiger partial charge in [0.05, 0.1) is 36.8 Å². The van der Waals surface area contributed by atoms with Crippen LogP contribution in [-0.4, -0.2) is 81.2 Å². The van der Waals surface area contributed by atoms with Gasteiger partial charge in [-0.1, -0.05) is 6.07 Å². The van der Waals surface area contributed by atoms with Crippen molar-refractivity contribution in [2.24, 2.45) is 12.5 Å². The molecule has 2 aliphatic heterocycles. The summed E-state index contributed by atoms with van der Waals surface area (Å²) in [5.41, 5.74) is 2.98. The minimum atomic E-state index is -0.329. The van der Waals surface area contributed by atoms with Crippen molar-refractivity contribution in [2.45, 2.75) is 18.9 Å². The molecule has 12 nitrogen and oxygen atoms in total. The maximum Gasteiger partial charge on any atom is 0.300 e. The van der Waals surface area contributed by atoms with Gasteiger partial charge in [0.1, 0.15) is 11.6 Å². The van der Waals surface area contributed by atoms with Crippen molar-refractivity contribution in [2.75, 3.05) is 54.5 Å². The van der Waals surface area contributed by atoms with Crippen LogP contribution in [0.4, 0.5) is 17.7 Å². The van der Waals surface area contributed by atoms with Crippen molar-refractivity contribution in [3.05, 3.63) is 42.2 Å². The number of amides is 1. The summed E-state index contributed by atoms with van der Waals surface area (Å²) in [5.74, 6) is 0.660. The van der Waals surface area contributed by atoms with E-state index < -0.39 is 0 Å². The number of nitrogens with one attached hydrogen (secondary N) is 1. The van der Waals surface area contributed by atoms with Gasteiger partial charge in [-0.3, -0.25) is 9.48 Å². The van der Waals surface area contributed by atoms with Crippen LogP contribution in [0.25, 0.3) is 22.5 Å². The van der Waals surface area contributed by atoms with E-state index in [1.165, 1.54) is 0 Å². The third-order valence-corrected chi connectivity index (χ3v) is 7.56. The molecule has 1 amide bonds. The molecular weight excluding hydrogens is 488 g/mol. The number of aryl methyl sites for hydroxylation is 1. The number of rotatable bonds is 5. The number of morpholine rings is 1. The molecular formula is C26H28N8O4. The molecule has 7 rings (SSSR count). The molecule has 3 aliphatic rings. The minimum absolute atomic E-state index is 0.103. The zero-order valence-corrected chi connectivity index (χ0v) is 21.0. The number of oxazole rings is 1. The first kappa shape index (κ1) is 23.1. The van der Waals surface area contributed by atoms with Crippen molar-refractivity contribution in [3.8, 4) is 11.3 Å². The summed E-state index contributed by atoms with van der Waals surface area (Å²) in [6.07, 6.45) is 4.93. The molecule has 2 N–H and O–H groups in total. The monoisotopic (exact) mass is 516 g/mol. The maximum absolute atomic E-state index is 13.6. The van der Waals surface area contributed by atoms with Crippen LogP contribution >= 0.6 is 0 Å². The number of carbonyl (C=O) groups is 1. The average Bonchev–Trinajstić information content (AvgIpc) is 3.51. The zero-order valence-electron chi connectivity index (χ0n) is 21.0. The second kappa shape index (κ2) is 8.77. The molecule has 0 aromatic carbocycles. The van der Waals surface area contributed by atoms with Gasteiger partial charge in [-0.05, 0) is 25.0 Å². The predicted molar refractivity (Wildman–Crippen MR) is 139 cm³/mol. The third kappa shape index (κ3) is 4.05. The highest BCUT2D eigenvalue weighted by molar-refractivity contribution is 6.09. The highest BCUT2D eigenvalue weighted by Gasteiger charge is 2.52. The lowest BCUT2D eigenvalue weighted by atomic mass is 9.62. The summed E-state index contributed by atoms with van der Waals surface area (Å²) in [6.45, 7) is 4.07. The van der Waals surface area contributed by atoms with Crippen LogP contribution in [-0.2, 0) is 11.8 Å². The number of ether oxygens (including phenoxy) is 1. The Balaban J connectivity index is 1.20. The number of hydrogen-bond donors (Lipinski definition) is 2. The zero-order chi connectivity index (χ0) is 25.9. The van der Waals surface area contributed by atoms with E-state index in [-0.39, 0.29) is 17.4 Å². The Morgan fingerprint density at radius 1 is 1.13 bits per heavy atom. The second-order valence-electron chi connectivity index (χ2n) is 10.5. The smallest absolute Gasteiger partial charge is 0.300 e. The van der Waals surface area contributed by atoms with Crippen LogP contribution in [0.3, 0.4) is 0 Å². The van der Waals surface area contributed by atoms with Crippen LogP contribution in [0, 0.1) is 5.41 Å². The molecule has 6 heterocycles. The highest BCUT2D eigenvalue weighted by Crippen LogP contribution is 2.50. The number of hydrogen-bond acceptors (Lipinski definition) is 10. The lowest BCUT2D eigenvalue weighted by Gasteiger charge is -2.58. The van der Waals surface area contributed by atoms with E-state index >= 15 is 0 Å². The molecule has 1 saturated carbocycles. The van der Waals surface area contributed by atoms with E-state index in [1.807, 2.05) is 30.3 Å². The molecule has 3 fully saturated rings. The van der Waals surface area contributed by atoms with Gasteiger partial charge in [-0.15, -0.1) is 0 Å². The number of nitrogens with zero attached hydrogens (tertiary/aromatic N) is 7. The van der Waals surface area contributed by atoms with E-state index in [9.17, 15) is 9.90 Å². The van der Waals surface area contributed by atoms with E-state index in [1.54, 1.807) is 23.0 Å². The summed E-state index contributed by atoms with van der Waals surface area (Å²) < 4.78 is 13.2. The van der Waals surface area contributed by atoms with Gasteiger partial charge in [0, 0.05) is 56.5 Å². The van der Waals surface area contributed by atoms with Gasteiger partial charge in [0.25, 0.3) is 11.9 Å². The molecule has 1 aliphatic carbocycles. The molecule has 4 aromatic rings. The van der Waals surface area contributed by atoms with Gasteiger partial charge < -0.3 is 29.4 Å². The number of aliphatic hydroxyl groups excluding tert-OH is 1. The molecule has 196 valence electrons. The SMILES string of the molecule is Cn1cc(-c2cccc(NC(=O)c3cc4oc(N5CCOCC5)nc4nc3N3CC4(CC(O)C4)C3)n2)cn1. The molecule has 0 radical (unpaired) electrons. The Labute approximate surface area is 218 Å². The Kier molecular flexibility index (Phi) is 5.34. The fourth-order valence-corrected chi connectivity index (χ4v) is 5.65. The lowest BCUT2D eigenvalue weighted by Crippen LogP contribution is -2.64. The standard InChI is InChI=1S/C26H28N8O4/c1-32-13-16(12-27-32)19-3-2-4-21(28-19)29-24(36)18-9-20-22(31-25(38-20)33-5-7-37-8-6-33)30-23(18)34-14-26(15-34)10-17(35)11-26/h2-4,9,12-13,17,35H,5-8,10-11,14-15H2,1H3,(H,28,29,36). The largest absolute Gasteiger partial charge is 0.422 e. The topological polar surface area (TPSA) is 135 Å². The quantitative estimate of drug-likeness (QED) is 0.406. The highest BCUT2D eigenvalue weighted by atomic mass is 16.5. The second-order valence-corrected chi connectivity index (χ2v) is 10.5. The van der Waals surface area contributed by atoms with E-state index in [0.29, 0.717) is 66.4 Å². The van der Waals surface area contributed by atoms with Crippen molar-refractivity contribution < 1.29 is 19.1 Å². The van der Waals surface area contributed by atoms with Gasteiger partial charge in [-0.25, -0.2) is 9.97 Å². The van der Waals surface area contributed by atoms with E-state index in [2.05, 4.69) is 25.3 Å². The van der Waals surface area contributed by atoms with Crippen LogP contribution in [0.15, 0.2) is 41.1 Å². The predicted octanol–water partition coefficient (Wildman–Crippen LogP) is 2.07. The Bertz CT molecular complexity index is 1510. The fraction of sp³-hybridized carbons (Fsp3) is 0.423. The number of carbonyl (C=O) groups excluding carboxylic acids is 1. The lowest BCUT2D eigenvalue weighted by molar-refractivity contribution is -0.0494. The molecule has 38 heavy (non-hydrogen) atoms. The van der Waals surface area contributed by atoms with Crippen LogP contribution in [0.1, 0.15) is 23.2 Å². The molecule has 12 heteroatoms. The van der Waals surface area contributed by atoms with Gasteiger partial charge in [-0.2, -0.15) is 10.1 Å². The first-order valence-corrected chi connectivity index (χ1v) is 12.8. The molecule has 4 aromatic heterocycles. The molecule has 0 unspecified atom stereocenters. The van der Waals surface area contributed by atoms with Crippen LogP contribution in [0.5, 0.6) is 0 Å². The van der Waals surface area contributed by atoms with Gasteiger partial charge in [0.2, 0.25) is 5.65 Å². The van der Waals surface area contributed by atoms with Crippen molar-refractivity contribution >= 4 is 34.8 Å². The summed E-state index contributed by atoms with van der Waals surface area (Å²) in [7, 11) is 1.85. The average molecular weight is 517 g/mol. The molecule has 2 saturated heterocycles. The normalized spacial score (nSPS) is 19.0. The Morgan fingerprint density at radius 2 is 1.95 bits per heavy atom. The summed E-state index contributed by atoms with van der Waals surface area (Å²) in [6, 6.07) is 7.67. The van der Waals surface area contributed by atoms with Crippen LogP contribution in [0.2, 0.25) is 0 Å². The van der Waals surface area contributed by atoms with E-state index in [0.717, 1.165) is 31.5 Å². The first-order valence-electron chi connectivity index (χ1n) is 12.8. The van der Waals surface area contributed by atoms with Crippen molar-refractivity contribution in [1.82, 2.24) is 24.7 Å². The Hall–Kier alpha value is -4.03. The van der Waals surface area contributed by atoms with E-state index in [4.69, 9.17) is 14.1 Å². The number of anilines is 3. The number of pyridine rings is 2. The number of aromatic nitrogens is 5. The third-order valence-electron chi connectivity index (χ3n) is 7.56. The maximum atomic E-state index is 13.6. The molecule has 0 bridgehead atoms. The first-order chi connectivity index (χ1) is 18.4. The van der Waals surface area contributed by atoms with Crippen molar-refractivity contribution in [3.63, 3.8) is 0 Å². The summed E-state index contributed by atoms with van der Waals surface area (Å²) >= 11 is 0. The number of aliphatic hydroxyl groups is 1. The minimum Gasteiger partial charge on any atom is -0.422 e. The fourth-order valence-electron chi connectivity index (χ4n) is 5.65. The van der Waals surface area contributed by atoms with Crippen molar-refractivity contribution in [1.29, 1.82) is 0 Å². The van der Waals surface area contributed by atoms with Crippen LogP contribution < -0.4 is 15.1 Å². The Morgan fingerprint density at radius 3 is 2.68 bits per heavy atom.